The highest BCUT2D eigenvalue weighted by molar-refractivity contribution is 5.78. The van der Waals surface area contributed by atoms with E-state index in [-0.39, 0.29) is 12.6 Å². The normalized spacial score (nSPS) is 16.6. The number of nitrogens with one attached hydrogen (secondary N) is 2. The molecular formula is C14H19N3O3. The van der Waals surface area contributed by atoms with Crippen LogP contribution in [0.1, 0.15) is 31.4 Å². The maximum Gasteiger partial charge on any atom is 0.315 e. The second-order valence-corrected chi connectivity index (χ2v) is 5.15. The van der Waals surface area contributed by atoms with Gasteiger partial charge in [0.1, 0.15) is 0 Å². The lowest BCUT2D eigenvalue weighted by atomic mass is 9.86. The Morgan fingerprint density at radius 1 is 1.25 bits per heavy atom. The first-order valence-corrected chi connectivity index (χ1v) is 6.77. The monoisotopic (exact) mass is 277 g/mol. The average Bonchev–Trinajstić information content (AvgIpc) is 2.94. The van der Waals surface area contributed by atoms with E-state index in [1.165, 1.54) is 0 Å². The topological polar surface area (TPSA) is 91.3 Å². The molecule has 0 radical (unpaired) electrons. The van der Waals surface area contributed by atoms with Crippen LogP contribution in [0.2, 0.25) is 0 Å². The van der Waals surface area contributed by atoms with Crippen LogP contribution in [-0.4, -0.2) is 28.6 Å². The predicted molar refractivity (Wildman–Crippen MR) is 73.0 cm³/mol. The molecule has 2 amide bonds. The summed E-state index contributed by atoms with van der Waals surface area (Å²) in [5, 5.41) is 14.6. The molecule has 0 aliphatic heterocycles. The van der Waals surface area contributed by atoms with Crippen molar-refractivity contribution in [3.63, 3.8) is 0 Å². The van der Waals surface area contributed by atoms with E-state index in [4.69, 9.17) is 0 Å². The van der Waals surface area contributed by atoms with Crippen LogP contribution in [0.15, 0.2) is 24.4 Å². The van der Waals surface area contributed by atoms with Gasteiger partial charge in [-0.3, -0.25) is 9.78 Å². The molecule has 108 valence electrons. The number of aromatic nitrogens is 1. The number of carboxylic acid groups (broad SMARTS) is 1. The minimum Gasteiger partial charge on any atom is -0.481 e. The van der Waals surface area contributed by atoms with Gasteiger partial charge < -0.3 is 15.7 Å². The first kappa shape index (κ1) is 14.3. The molecule has 0 atom stereocenters. The molecule has 0 unspecified atom stereocenters. The number of urea groups is 1. The van der Waals surface area contributed by atoms with Gasteiger partial charge in [-0.1, -0.05) is 18.9 Å². The van der Waals surface area contributed by atoms with Gasteiger partial charge in [-0.2, -0.15) is 0 Å². The van der Waals surface area contributed by atoms with Crippen molar-refractivity contribution < 1.29 is 14.7 Å². The van der Waals surface area contributed by atoms with E-state index >= 15 is 0 Å². The third-order valence-corrected chi connectivity index (χ3v) is 3.76. The lowest BCUT2D eigenvalue weighted by molar-refractivity contribution is -0.148. The zero-order valence-electron chi connectivity index (χ0n) is 11.3. The van der Waals surface area contributed by atoms with Gasteiger partial charge in [-0.15, -0.1) is 0 Å². The lowest BCUT2D eigenvalue weighted by Gasteiger charge is -2.23. The quantitative estimate of drug-likeness (QED) is 0.761. The third kappa shape index (κ3) is 3.46. The number of pyridine rings is 1. The van der Waals surface area contributed by atoms with Gasteiger partial charge in [0, 0.05) is 12.7 Å². The van der Waals surface area contributed by atoms with E-state index in [2.05, 4.69) is 15.6 Å². The van der Waals surface area contributed by atoms with E-state index in [0.29, 0.717) is 19.4 Å². The van der Waals surface area contributed by atoms with Gasteiger partial charge in [-0.05, 0) is 25.0 Å². The Balaban J connectivity index is 1.78. The first-order valence-electron chi connectivity index (χ1n) is 6.77. The van der Waals surface area contributed by atoms with Gasteiger partial charge in [0.2, 0.25) is 0 Å². The molecule has 0 saturated heterocycles. The number of aliphatic carboxylic acids is 1. The number of carbonyl (C=O) groups excluding carboxylic acids is 1. The summed E-state index contributed by atoms with van der Waals surface area (Å²) in [6.07, 6.45) is 4.73. The highest BCUT2D eigenvalue weighted by atomic mass is 16.4. The molecule has 1 aromatic rings. The number of hydrogen-bond acceptors (Lipinski definition) is 3. The average molecular weight is 277 g/mol. The Hall–Kier alpha value is -2.11. The summed E-state index contributed by atoms with van der Waals surface area (Å²) in [4.78, 5) is 27.1. The summed E-state index contributed by atoms with van der Waals surface area (Å²) in [7, 11) is 0. The van der Waals surface area contributed by atoms with Crippen LogP contribution in [0.5, 0.6) is 0 Å². The molecule has 1 aliphatic rings. The van der Waals surface area contributed by atoms with Crippen LogP contribution in [0.25, 0.3) is 0 Å². The van der Waals surface area contributed by atoms with Gasteiger partial charge in [0.25, 0.3) is 0 Å². The molecule has 0 bridgehead atoms. The number of rotatable bonds is 5. The molecule has 1 heterocycles. The van der Waals surface area contributed by atoms with Crippen molar-refractivity contribution in [2.24, 2.45) is 5.41 Å². The predicted octanol–water partition coefficient (Wildman–Crippen LogP) is 1.53. The number of carbonyl (C=O) groups is 2. The van der Waals surface area contributed by atoms with E-state index in [1.807, 2.05) is 12.1 Å². The molecule has 0 spiro atoms. The Bertz CT molecular complexity index is 470. The minimum absolute atomic E-state index is 0.177. The number of amides is 2. The van der Waals surface area contributed by atoms with E-state index in [9.17, 15) is 14.7 Å². The smallest absolute Gasteiger partial charge is 0.315 e. The second kappa shape index (κ2) is 6.36. The Morgan fingerprint density at radius 2 is 2.00 bits per heavy atom. The van der Waals surface area contributed by atoms with Crippen LogP contribution in [0.3, 0.4) is 0 Å². The van der Waals surface area contributed by atoms with Crippen molar-refractivity contribution in [3.8, 4) is 0 Å². The summed E-state index contributed by atoms with van der Waals surface area (Å²) in [5.41, 5.74) is -0.0287. The fraction of sp³-hybridized carbons (Fsp3) is 0.500. The van der Waals surface area contributed by atoms with Crippen LogP contribution < -0.4 is 10.6 Å². The third-order valence-electron chi connectivity index (χ3n) is 3.76. The van der Waals surface area contributed by atoms with E-state index < -0.39 is 11.4 Å². The van der Waals surface area contributed by atoms with Crippen LogP contribution in [0.4, 0.5) is 4.79 Å². The van der Waals surface area contributed by atoms with Crippen molar-refractivity contribution in [2.75, 3.05) is 6.54 Å². The summed E-state index contributed by atoms with van der Waals surface area (Å²) in [6.45, 7) is 0.503. The number of nitrogens with zero attached hydrogens (tertiary/aromatic N) is 1. The van der Waals surface area contributed by atoms with Crippen LogP contribution in [-0.2, 0) is 11.3 Å². The fourth-order valence-electron chi connectivity index (χ4n) is 2.50. The molecule has 1 aromatic heterocycles. The fourth-order valence-corrected chi connectivity index (χ4v) is 2.50. The molecule has 0 aromatic carbocycles. The van der Waals surface area contributed by atoms with Gasteiger partial charge >= 0.3 is 12.0 Å². The lowest BCUT2D eigenvalue weighted by Crippen LogP contribution is -2.44. The number of hydrogen-bond donors (Lipinski definition) is 3. The molecule has 20 heavy (non-hydrogen) atoms. The molecule has 3 N–H and O–H groups in total. The van der Waals surface area contributed by atoms with E-state index in [1.54, 1.807) is 12.3 Å². The van der Waals surface area contributed by atoms with Gasteiger partial charge in [-0.25, -0.2) is 4.79 Å². The van der Waals surface area contributed by atoms with Crippen molar-refractivity contribution in [1.82, 2.24) is 15.6 Å². The highest BCUT2D eigenvalue weighted by Gasteiger charge is 2.41. The maximum atomic E-state index is 11.7. The standard InChI is InChI=1S/C14H19N3O3/c18-12(19)14(6-2-3-7-14)10-17-13(20)16-9-11-5-1-4-8-15-11/h1,4-5,8H,2-3,6-7,9-10H2,(H,18,19)(H2,16,17,20). The van der Waals surface area contributed by atoms with Crippen molar-refractivity contribution >= 4 is 12.0 Å². The molecule has 1 fully saturated rings. The summed E-state index contributed by atoms with van der Waals surface area (Å²) < 4.78 is 0. The molecule has 6 nitrogen and oxygen atoms in total. The van der Waals surface area contributed by atoms with Gasteiger partial charge in [0.15, 0.2) is 0 Å². The molecule has 1 aliphatic carbocycles. The SMILES string of the molecule is O=C(NCc1ccccn1)NCC1(C(=O)O)CCCC1. The minimum atomic E-state index is -0.819. The Morgan fingerprint density at radius 3 is 2.60 bits per heavy atom. The zero-order chi connectivity index (χ0) is 14.4. The van der Waals surface area contributed by atoms with Crippen molar-refractivity contribution in [1.29, 1.82) is 0 Å². The zero-order valence-corrected chi connectivity index (χ0v) is 11.3. The molecule has 2 rings (SSSR count). The van der Waals surface area contributed by atoms with Crippen LogP contribution in [0, 0.1) is 5.41 Å². The first-order chi connectivity index (χ1) is 9.62. The number of carboxylic acids is 1. The molecule has 6 heteroatoms. The Kier molecular flexibility index (Phi) is 4.55. The van der Waals surface area contributed by atoms with E-state index in [0.717, 1.165) is 18.5 Å². The maximum absolute atomic E-state index is 11.7. The van der Waals surface area contributed by atoms with Gasteiger partial charge in [0.05, 0.1) is 17.7 Å². The molecular weight excluding hydrogens is 258 g/mol. The summed E-state index contributed by atoms with van der Waals surface area (Å²) in [6, 6.07) is 5.11. The van der Waals surface area contributed by atoms with Crippen molar-refractivity contribution in [2.45, 2.75) is 32.2 Å². The van der Waals surface area contributed by atoms with Crippen molar-refractivity contribution in [3.05, 3.63) is 30.1 Å². The highest BCUT2D eigenvalue weighted by Crippen LogP contribution is 2.37. The summed E-state index contributed by atoms with van der Waals surface area (Å²) in [5.74, 6) is -0.819. The second-order valence-electron chi connectivity index (χ2n) is 5.15. The largest absolute Gasteiger partial charge is 0.481 e. The molecule has 1 saturated carbocycles. The van der Waals surface area contributed by atoms with Crippen LogP contribution >= 0.6 is 0 Å². The Labute approximate surface area is 117 Å². The summed E-state index contributed by atoms with van der Waals surface area (Å²) >= 11 is 0.